The fourth-order valence-corrected chi connectivity index (χ4v) is 2.12. The maximum atomic E-state index is 12.2. The molecule has 0 unspecified atom stereocenters. The van der Waals surface area contributed by atoms with Gasteiger partial charge in [-0.2, -0.15) is 0 Å². The molecule has 6 heteroatoms. The predicted molar refractivity (Wildman–Crippen MR) is 81.5 cm³/mol. The summed E-state index contributed by atoms with van der Waals surface area (Å²) in [4.78, 5) is 23.4. The summed E-state index contributed by atoms with van der Waals surface area (Å²) in [7, 11) is 1.55. The lowest BCUT2D eigenvalue weighted by molar-refractivity contribution is -0.118. The Morgan fingerprint density at radius 1 is 1.27 bits per heavy atom. The Hall–Kier alpha value is -3.02. The lowest BCUT2D eigenvalue weighted by atomic mass is 10.2. The summed E-state index contributed by atoms with van der Waals surface area (Å²) in [5.74, 6) is 0.701. The Morgan fingerprint density at radius 2 is 2.14 bits per heavy atom. The van der Waals surface area contributed by atoms with Crippen molar-refractivity contribution >= 4 is 23.2 Å². The van der Waals surface area contributed by atoms with Gasteiger partial charge < -0.3 is 20.1 Å². The van der Waals surface area contributed by atoms with Gasteiger partial charge in [0.25, 0.3) is 11.8 Å². The maximum Gasteiger partial charge on any atom is 0.262 e. The van der Waals surface area contributed by atoms with Gasteiger partial charge in [0.05, 0.1) is 12.8 Å². The van der Waals surface area contributed by atoms with Gasteiger partial charge in [0.2, 0.25) is 0 Å². The van der Waals surface area contributed by atoms with Crippen LogP contribution in [-0.2, 0) is 4.79 Å². The molecule has 2 aromatic rings. The quantitative estimate of drug-likeness (QED) is 0.911. The second-order valence-corrected chi connectivity index (χ2v) is 4.73. The summed E-state index contributed by atoms with van der Waals surface area (Å²) in [5.41, 5.74) is 1.67. The van der Waals surface area contributed by atoms with Crippen molar-refractivity contribution in [1.82, 2.24) is 0 Å². The molecule has 22 heavy (non-hydrogen) atoms. The van der Waals surface area contributed by atoms with E-state index in [9.17, 15) is 9.59 Å². The summed E-state index contributed by atoms with van der Waals surface area (Å²) < 4.78 is 10.4. The highest BCUT2D eigenvalue weighted by Crippen LogP contribution is 2.30. The second-order valence-electron chi connectivity index (χ2n) is 4.73. The number of carbonyl (C=O) groups is 2. The van der Waals surface area contributed by atoms with Crippen molar-refractivity contribution in [3.63, 3.8) is 0 Å². The van der Waals surface area contributed by atoms with Gasteiger partial charge >= 0.3 is 0 Å². The van der Waals surface area contributed by atoms with Crippen molar-refractivity contribution in [3.05, 3.63) is 48.0 Å². The number of nitrogens with one attached hydrogen (secondary N) is 2. The highest BCUT2D eigenvalue weighted by atomic mass is 16.5. The molecule has 0 fully saturated rings. The Labute approximate surface area is 127 Å². The fourth-order valence-electron chi connectivity index (χ4n) is 2.12. The first-order valence-electron chi connectivity index (χ1n) is 6.68. The van der Waals surface area contributed by atoms with Crippen LogP contribution in [0.4, 0.5) is 11.4 Å². The van der Waals surface area contributed by atoms with E-state index in [1.165, 1.54) is 0 Å². The summed E-state index contributed by atoms with van der Waals surface area (Å²) in [6.07, 6.45) is 0. The predicted octanol–water partition coefficient (Wildman–Crippen LogP) is 2.28. The number of methoxy groups -OCH3 is 1. The van der Waals surface area contributed by atoms with Crippen molar-refractivity contribution in [1.29, 1.82) is 0 Å². The lowest BCUT2D eigenvalue weighted by Crippen LogP contribution is -2.25. The van der Waals surface area contributed by atoms with E-state index >= 15 is 0 Å². The van der Waals surface area contributed by atoms with Crippen LogP contribution in [0.25, 0.3) is 0 Å². The van der Waals surface area contributed by atoms with E-state index in [0.29, 0.717) is 28.4 Å². The summed E-state index contributed by atoms with van der Waals surface area (Å²) in [6, 6.07) is 11.9. The number of ether oxygens (including phenoxy) is 2. The molecule has 3 rings (SSSR count). The molecular formula is C16H14N2O4. The van der Waals surface area contributed by atoms with Crippen LogP contribution in [0.15, 0.2) is 42.5 Å². The largest absolute Gasteiger partial charge is 0.497 e. The number of fused-ring (bicyclic) bond motifs is 1. The average Bonchev–Trinajstić information content (AvgIpc) is 2.55. The van der Waals surface area contributed by atoms with E-state index in [1.54, 1.807) is 49.6 Å². The number of rotatable bonds is 3. The van der Waals surface area contributed by atoms with Gasteiger partial charge in [0.1, 0.15) is 11.5 Å². The summed E-state index contributed by atoms with van der Waals surface area (Å²) in [6.45, 7) is -0.0275. The van der Waals surface area contributed by atoms with Crippen molar-refractivity contribution < 1.29 is 19.1 Å². The zero-order valence-corrected chi connectivity index (χ0v) is 11.9. The molecule has 1 heterocycles. The summed E-state index contributed by atoms with van der Waals surface area (Å²) in [5, 5.41) is 5.48. The monoisotopic (exact) mass is 298 g/mol. The van der Waals surface area contributed by atoms with Gasteiger partial charge in [-0.05, 0) is 30.3 Å². The molecule has 0 radical (unpaired) electrons. The molecular weight excluding hydrogens is 284 g/mol. The van der Waals surface area contributed by atoms with Gasteiger partial charge in [-0.1, -0.05) is 6.07 Å². The average molecular weight is 298 g/mol. The number of carbonyl (C=O) groups excluding carboxylic acids is 2. The molecule has 1 aliphatic rings. The first kappa shape index (κ1) is 13.9. The standard InChI is InChI=1S/C16H14N2O4/c1-21-12-4-2-3-10(7-12)16(20)17-11-5-6-13-14(8-11)22-9-15(19)18-13/h2-8H,9H2,1H3,(H,17,20)(H,18,19). The number of hydrogen-bond donors (Lipinski definition) is 2. The molecule has 2 N–H and O–H groups in total. The second kappa shape index (κ2) is 5.77. The molecule has 0 bridgehead atoms. The third-order valence-corrected chi connectivity index (χ3v) is 3.20. The van der Waals surface area contributed by atoms with Crippen LogP contribution in [-0.4, -0.2) is 25.5 Å². The van der Waals surface area contributed by atoms with Gasteiger partial charge in [-0.3, -0.25) is 9.59 Å². The van der Waals surface area contributed by atoms with Crippen LogP contribution in [0.1, 0.15) is 10.4 Å². The molecule has 112 valence electrons. The minimum atomic E-state index is -0.251. The van der Waals surface area contributed by atoms with Gasteiger partial charge in [-0.25, -0.2) is 0 Å². The summed E-state index contributed by atoms with van der Waals surface area (Å²) >= 11 is 0. The van der Waals surface area contributed by atoms with Crippen LogP contribution in [0.3, 0.4) is 0 Å². The fraction of sp³-hybridized carbons (Fsp3) is 0.125. The number of anilines is 2. The van der Waals surface area contributed by atoms with Crippen molar-refractivity contribution in [2.24, 2.45) is 0 Å². The molecule has 0 spiro atoms. The van der Waals surface area contributed by atoms with E-state index < -0.39 is 0 Å². The van der Waals surface area contributed by atoms with Crippen molar-refractivity contribution in [2.75, 3.05) is 24.4 Å². The normalized spacial score (nSPS) is 12.7. The third-order valence-electron chi connectivity index (χ3n) is 3.20. The van der Waals surface area contributed by atoms with Gasteiger partial charge in [0, 0.05) is 17.3 Å². The lowest BCUT2D eigenvalue weighted by Gasteiger charge is -2.18. The van der Waals surface area contributed by atoms with E-state index in [2.05, 4.69) is 10.6 Å². The number of hydrogen-bond acceptors (Lipinski definition) is 4. The maximum absolute atomic E-state index is 12.2. The molecule has 2 aromatic carbocycles. The zero-order chi connectivity index (χ0) is 15.5. The molecule has 2 amide bonds. The van der Waals surface area contributed by atoms with Crippen LogP contribution in [0.2, 0.25) is 0 Å². The highest BCUT2D eigenvalue weighted by molar-refractivity contribution is 6.05. The van der Waals surface area contributed by atoms with Crippen LogP contribution >= 0.6 is 0 Å². The van der Waals surface area contributed by atoms with E-state index in [-0.39, 0.29) is 18.4 Å². The first-order chi connectivity index (χ1) is 10.7. The SMILES string of the molecule is COc1cccc(C(=O)Nc2ccc3c(c2)OCC(=O)N3)c1. The Kier molecular flexibility index (Phi) is 3.65. The number of amides is 2. The molecule has 0 saturated carbocycles. The van der Waals surface area contributed by atoms with Crippen LogP contribution in [0.5, 0.6) is 11.5 Å². The third kappa shape index (κ3) is 2.85. The molecule has 0 aliphatic carbocycles. The molecule has 0 atom stereocenters. The Balaban J connectivity index is 1.78. The van der Waals surface area contributed by atoms with Gasteiger partial charge in [0.15, 0.2) is 6.61 Å². The smallest absolute Gasteiger partial charge is 0.262 e. The molecule has 0 saturated heterocycles. The van der Waals surface area contributed by atoms with E-state index in [4.69, 9.17) is 9.47 Å². The topological polar surface area (TPSA) is 76.7 Å². The first-order valence-corrected chi connectivity index (χ1v) is 6.68. The Bertz CT molecular complexity index is 743. The minimum absolute atomic E-state index is 0.0275. The Morgan fingerprint density at radius 3 is 2.95 bits per heavy atom. The minimum Gasteiger partial charge on any atom is -0.497 e. The molecule has 0 aromatic heterocycles. The highest BCUT2D eigenvalue weighted by Gasteiger charge is 2.16. The van der Waals surface area contributed by atoms with E-state index in [0.717, 1.165) is 0 Å². The van der Waals surface area contributed by atoms with E-state index in [1.807, 2.05) is 0 Å². The van der Waals surface area contributed by atoms with Gasteiger partial charge in [-0.15, -0.1) is 0 Å². The van der Waals surface area contributed by atoms with Crippen LogP contribution < -0.4 is 20.1 Å². The number of benzene rings is 2. The van der Waals surface area contributed by atoms with Crippen molar-refractivity contribution in [2.45, 2.75) is 0 Å². The van der Waals surface area contributed by atoms with Crippen LogP contribution in [0, 0.1) is 0 Å². The zero-order valence-electron chi connectivity index (χ0n) is 11.9. The van der Waals surface area contributed by atoms with Crippen molar-refractivity contribution in [3.8, 4) is 11.5 Å². The molecule has 1 aliphatic heterocycles. The molecule has 6 nitrogen and oxygen atoms in total.